The number of nitrogens with zero attached hydrogens (tertiary/aromatic N) is 1. The third-order valence-electron chi connectivity index (χ3n) is 3.60. The molecule has 0 saturated carbocycles. The van der Waals surface area contributed by atoms with Gasteiger partial charge in [0.2, 0.25) is 0 Å². The summed E-state index contributed by atoms with van der Waals surface area (Å²) in [5.74, 6) is 4.74. The van der Waals surface area contributed by atoms with Gasteiger partial charge < -0.3 is 5.32 Å². The summed E-state index contributed by atoms with van der Waals surface area (Å²) in [4.78, 5) is 16.2. The summed E-state index contributed by atoms with van der Waals surface area (Å²) in [6, 6.07) is 7.84. The standard InChI is InChI=1S/C20H20ClN2OP/c1-4-6-17(21)16-10-15(12-22-13(16)3)14-8-9-19(25)18(11-14)23-20(24)7-5-2/h6,8-12H,4,25H2,1-3H3,(H,23,24)/b17-6+. The lowest BCUT2D eigenvalue weighted by Crippen LogP contribution is -2.13. The number of benzene rings is 1. The number of carbonyl (C=O) groups is 1. The van der Waals surface area contributed by atoms with E-state index in [1.165, 1.54) is 0 Å². The van der Waals surface area contributed by atoms with Crippen LogP contribution in [0.15, 0.2) is 36.5 Å². The van der Waals surface area contributed by atoms with Crippen LogP contribution in [0.25, 0.3) is 16.2 Å². The third-order valence-corrected chi connectivity index (χ3v) is 4.46. The molecule has 1 N–H and O–H groups in total. The van der Waals surface area contributed by atoms with Crippen LogP contribution in [-0.4, -0.2) is 10.9 Å². The first-order valence-electron chi connectivity index (χ1n) is 7.92. The smallest absolute Gasteiger partial charge is 0.300 e. The maximum absolute atomic E-state index is 11.7. The van der Waals surface area contributed by atoms with E-state index in [0.717, 1.165) is 34.1 Å². The lowest BCUT2D eigenvalue weighted by molar-refractivity contribution is -0.111. The Hall–Kier alpha value is -2.14. The van der Waals surface area contributed by atoms with Gasteiger partial charge in [-0.05, 0) is 49.2 Å². The maximum Gasteiger partial charge on any atom is 0.300 e. The van der Waals surface area contributed by atoms with Crippen molar-refractivity contribution in [2.45, 2.75) is 27.2 Å². The number of carbonyl (C=O) groups excluding carboxylic acids is 1. The van der Waals surface area contributed by atoms with Gasteiger partial charge in [0.1, 0.15) is 0 Å². The normalized spacial score (nSPS) is 10.8. The van der Waals surface area contributed by atoms with Crippen molar-refractivity contribution in [3.8, 4) is 23.0 Å². The Kier molecular flexibility index (Phi) is 6.76. The van der Waals surface area contributed by atoms with Gasteiger partial charge >= 0.3 is 0 Å². The topological polar surface area (TPSA) is 42.0 Å². The predicted molar refractivity (Wildman–Crippen MR) is 110 cm³/mol. The molecule has 0 saturated heterocycles. The summed E-state index contributed by atoms with van der Waals surface area (Å²) in [5.41, 5.74) is 4.38. The molecule has 128 valence electrons. The molecule has 0 aliphatic rings. The van der Waals surface area contributed by atoms with E-state index in [1.807, 2.05) is 50.4 Å². The number of aromatic nitrogens is 1. The molecule has 2 rings (SSSR count). The van der Waals surface area contributed by atoms with Crippen LogP contribution in [0.4, 0.5) is 5.69 Å². The third kappa shape index (κ3) is 4.92. The molecule has 0 spiro atoms. The van der Waals surface area contributed by atoms with Gasteiger partial charge in [-0.2, -0.15) is 0 Å². The SMILES string of the molecule is CC#CC(=O)Nc1cc(-c2cnc(C)c(/C(Cl)=C\CC)c2)ccc1P. The quantitative estimate of drug-likeness (QED) is 0.635. The number of allylic oxidation sites excluding steroid dienone is 1. The molecule has 1 aromatic heterocycles. The van der Waals surface area contributed by atoms with Crippen molar-refractivity contribution in [2.75, 3.05) is 5.32 Å². The van der Waals surface area contributed by atoms with E-state index in [-0.39, 0.29) is 5.91 Å². The number of nitrogens with one attached hydrogen (secondary N) is 1. The molecule has 3 nitrogen and oxygen atoms in total. The van der Waals surface area contributed by atoms with Crippen molar-refractivity contribution < 1.29 is 4.79 Å². The first-order valence-corrected chi connectivity index (χ1v) is 8.88. The number of amides is 1. The Morgan fingerprint density at radius 2 is 2.12 bits per heavy atom. The van der Waals surface area contributed by atoms with Crippen LogP contribution < -0.4 is 10.6 Å². The molecule has 1 atom stereocenters. The van der Waals surface area contributed by atoms with Crippen molar-refractivity contribution >= 4 is 42.8 Å². The molecular formula is C20H20ClN2OP. The van der Waals surface area contributed by atoms with Gasteiger partial charge in [-0.3, -0.25) is 9.78 Å². The van der Waals surface area contributed by atoms with Gasteiger partial charge in [0.25, 0.3) is 5.91 Å². The van der Waals surface area contributed by atoms with Gasteiger partial charge in [0, 0.05) is 33.7 Å². The molecule has 0 fully saturated rings. The van der Waals surface area contributed by atoms with Gasteiger partial charge in [0.15, 0.2) is 0 Å². The minimum absolute atomic E-state index is 0.333. The molecule has 1 aromatic carbocycles. The molecule has 5 heteroatoms. The largest absolute Gasteiger partial charge is 0.315 e. The predicted octanol–water partition coefficient (Wildman–Crippen LogP) is 4.51. The highest BCUT2D eigenvalue weighted by Crippen LogP contribution is 2.28. The zero-order chi connectivity index (χ0) is 18.4. The van der Waals surface area contributed by atoms with Crippen LogP contribution in [0, 0.1) is 18.8 Å². The molecule has 0 aliphatic heterocycles. The second-order valence-electron chi connectivity index (χ2n) is 5.45. The van der Waals surface area contributed by atoms with E-state index < -0.39 is 0 Å². The van der Waals surface area contributed by atoms with Gasteiger partial charge in [0.05, 0.1) is 0 Å². The van der Waals surface area contributed by atoms with Crippen LogP contribution in [0.3, 0.4) is 0 Å². The summed E-state index contributed by atoms with van der Waals surface area (Å²) >= 11 is 6.38. The highest BCUT2D eigenvalue weighted by Gasteiger charge is 2.09. The Morgan fingerprint density at radius 3 is 2.80 bits per heavy atom. The second-order valence-corrected chi connectivity index (χ2v) is 6.48. The summed E-state index contributed by atoms with van der Waals surface area (Å²) in [6.07, 6.45) is 4.64. The van der Waals surface area contributed by atoms with Gasteiger partial charge in [-0.1, -0.05) is 42.7 Å². The molecule has 1 unspecified atom stereocenters. The Balaban J connectivity index is 2.45. The summed E-state index contributed by atoms with van der Waals surface area (Å²) in [7, 11) is 2.61. The van der Waals surface area contributed by atoms with Crippen LogP contribution in [-0.2, 0) is 4.79 Å². The fraction of sp³-hybridized carbons (Fsp3) is 0.200. The van der Waals surface area contributed by atoms with Crippen molar-refractivity contribution in [3.63, 3.8) is 0 Å². The summed E-state index contributed by atoms with van der Waals surface area (Å²) < 4.78 is 0. The van der Waals surface area contributed by atoms with Crippen LogP contribution in [0.5, 0.6) is 0 Å². The zero-order valence-electron chi connectivity index (χ0n) is 14.5. The molecular weight excluding hydrogens is 351 g/mol. The average Bonchev–Trinajstić information content (AvgIpc) is 2.58. The van der Waals surface area contributed by atoms with Crippen molar-refractivity contribution in [3.05, 3.63) is 47.8 Å². The van der Waals surface area contributed by atoms with Crippen LogP contribution in [0.2, 0.25) is 0 Å². The van der Waals surface area contributed by atoms with E-state index in [4.69, 9.17) is 11.6 Å². The van der Waals surface area contributed by atoms with E-state index in [0.29, 0.717) is 10.7 Å². The van der Waals surface area contributed by atoms with E-state index in [9.17, 15) is 4.79 Å². The zero-order valence-corrected chi connectivity index (χ0v) is 16.4. The van der Waals surface area contributed by atoms with Crippen molar-refractivity contribution in [2.24, 2.45) is 0 Å². The number of aryl methyl sites for hydroxylation is 1. The summed E-state index contributed by atoms with van der Waals surface area (Å²) in [5, 5.41) is 4.39. The average molecular weight is 371 g/mol. The minimum Gasteiger partial charge on any atom is -0.315 e. The monoisotopic (exact) mass is 370 g/mol. The highest BCUT2D eigenvalue weighted by atomic mass is 35.5. The summed E-state index contributed by atoms with van der Waals surface area (Å²) in [6.45, 7) is 5.61. The Labute approximate surface area is 156 Å². The first kappa shape index (κ1) is 19.2. The lowest BCUT2D eigenvalue weighted by atomic mass is 10.0. The van der Waals surface area contributed by atoms with Crippen LogP contribution in [0.1, 0.15) is 31.5 Å². The molecule has 1 amide bonds. The molecule has 2 aromatic rings. The number of hydrogen-bond donors (Lipinski definition) is 1. The minimum atomic E-state index is -0.333. The van der Waals surface area contributed by atoms with Gasteiger partial charge in [-0.15, -0.1) is 9.24 Å². The first-order chi connectivity index (χ1) is 12.0. The van der Waals surface area contributed by atoms with E-state index >= 15 is 0 Å². The van der Waals surface area contributed by atoms with Crippen molar-refractivity contribution in [1.29, 1.82) is 0 Å². The molecule has 0 aliphatic carbocycles. The van der Waals surface area contributed by atoms with E-state index in [2.05, 4.69) is 31.4 Å². The van der Waals surface area contributed by atoms with Gasteiger partial charge in [-0.25, -0.2) is 0 Å². The fourth-order valence-electron chi connectivity index (χ4n) is 2.33. The Morgan fingerprint density at radius 1 is 1.36 bits per heavy atom. The van der Waals surface area contributed by atoms with Crippen LogP contribution >= 0.6 is 20.8 Å². The highest BCUT2D eigenvalue weighted by molar-refractivity contribution is 7.28. The second kappa shape index (κ2) is 8.81. The number of anilines is 1. The maximum atomic E-state index is 11.7. The number of rotatable bonds is 4. The number of hydrogen-bond acceptors (Lipinski definition) is 2. The van der Waals surface area contributed by atoms with Crippen molar-refractivity contribution in [1.82, 2.24) is 4.98 Å². The number of halogens is 1. The fourth-order valence-corrected chi connectivity index (χ4v) is 2.93. The molecule has 0 radical (unpaired) electrons. The Bertz CT molecular complexity index is 894. The molecule has 0 bridgehead atoms. The lowest BCUT2D eigenvalue weighted by Gasteiger charge is -2.11. The molecule has 1 heterocycles. The molecule has 25 heavy (non-hydrogen) atoms. The van der Waals surface area contributed by atoms with E-state index in [1.54, 1.807) is 6.92 Å². The number of pyridine rings is 1.